The molecule has 0 saturated heterocycles. The van der Waals surface area contributed by atoms with Gasteiger partial charge in [0.1, 0.15) is 0 Å². The molecule has 0 radical (unpaired) electrons. The van der Waals surface area contributed by atoms with Crippen molar-refractivity contribution in [1.82, 2.24) is 9.97 Å². The zero-order valence-electron chi connectivity index (χ0n) is 6.45. The van der Waals surface area contributed by atoms with E-state index >= 15 is 0 Å². The Bertz CT molecular complexity index is 233. The smallest absolute Gasteiger partial charge is 0.187 e. The lowest BCUT2D eigenvalue weighted by Gasteiger charge is -1.96. The average Bonchev–Trinajstić information content (AvgIpc) is 2.03. The number of aromatic nitrogens is 2. The summed E-state index contributed by atoms with van der Waals surface area (Å²) in [5.74, 6) is 0.893. The maximum Gasteiger partial charge on any atom is 0.187 e. The summed E-state index contributed by atoms with van der Waals surface area (Å²) in [7, 11) is 0. The lowest BCUT2D eigenvalue weighted by Crippen LogP contribution is -1.85. The molecule has 0 fully saturated rings. The highest BCUT2D eigenvalue weighted by molar-refractivity contribution is 7.99. The predicted octanol–water partition coefficient (Wildman–Crippen LogP) is 2.14. The molecular weight excluding hydrogens is 156 g/mol. The van der Waals surface area contributed by atoms with Crippen LogP contribution in [0.15, 0.2) is 35.8 Å². The maximum absolute atomic E-state index is 4.06. The van der Waals surface area contributed by atoms with Crippen molar-refractivity contribution in [3.05, 3.63) is 30.6 Å². The predicted molar refractivity (Wildman–Crippen MR) is 47.6 cm³/mol. The number of thioether (sulfide) groups is 1. The molecule has 0 atom stereocenters. The Morgan fingerprint density at radius 2 is 2.18 bits per heavy atom. The minimum atomic E-state index is 0.815. The Morgan fingerprint density at radius 3 is 2.73 bits per heavy atom. The van der Waals surface area contributed by atoms with E-state index in [0.717, 1.165) is 16.5 Å². The molecule has 0 aliphatic rings. The van der Waals surface area contributed by atoms with E-state index in [4.69, 9.17) is 0 Å². The molecule has 1 rings (SSSR count). The summed E-state index contributed by atoms with van der Waals surface area (Å²) in [6.45, 7) is 5.79. The van der Waals surface area contributed by atoms with Crippen molar-refractivity contribution in [2.45, 2.75) is 12.1 Å². The third kappa shape index (κ3) is 3.18. The molecule has 58 valence electrons. The molecule has 1 aromatic rings. The van der Waals surface area contributed by atoms with E-state index in [1.807, 2.05) is 13.0 Å². The van der Waals surface area contributed by atoms with Crippen molar-refractivity contribution in [3.63, 3.8) is 0 Å². The monoisotopic (exact) mass is 166 g/mol. The fourth-order valence-electron chi connectivity index (χ4n) is 0.548. The number of hydrogen-bond acceptors (Lipinski definition) is 3. The average molecular weight is 166 g/mol. The van der Waals surface area contributed by atoms with Crippen LogP contribution < -0.4 is 0 Å². The molecule has 2 nitrogen and oxygen atoms in total. The van der Waals surface area contributed by atoms with Crippen LogP contribution in [-0.4, -0.2) is 15.7 Å². The highest BCUT2D eigenvalue weighted by atomic mass is 32.2. The van der Waals surface area contributed by atoms with Gasteiger partial charge in [0.2, 0.25) is 0 Å². The summed E-state index contributed by atoms with van der Waals surface area (Å²) >= 11 is 1.61. The second-order valence-electron chi connectivity index (χ2n) is 2.28. The molecule has 0 aliphatic heterocycles. The quantitative estimate of drug-likeness (QED) is 0.391. The first-order valence-electron chi connectivity index (χ1n) is 3.33. The lowest BCUT2D eigenvalue weighted by molar-refractivity contribution is 0.968. The Morgan fingerprint density at radius 1 is 1.55 bits per heavy atom. The van der Waals surface area contributed by atoms with Crippen LogP contribution in [0.2, 0.25) is 0 Å². The van der Waals surface area contributed by atoms with Gasteiger partial charge in [-0.3, -0.25) is 0 Å². The molecule has 0 unspecified atom stereocenters. The van der Waals surface area contributed by atoms with Crippen LogP contribution >= 0.6 is 11.8 Å². The Balaban J connectivity index is 2.45. The minimum Gasteiger partial charge on any atom is -0.231 e. The van der Waals surface area contributed by atoms with Gasteiger partial charge < -0.3 is 0 Å². The Kier molecular flexibility index (Phi) is 3.11. The molecule has 1 heterocycles. The van der Waals surface area contributed by atoms with Crippen LogP contribution in [0.3, 0.4) is 0 Å². The van der Waals surface area contributed by atoms with E-state index < -0.39 is 0 Å². The molecular formula is C8H10N2S. The first kappa shape index (κ1) is 8.27. The molecule has 0 bridgehead atoms. The fraction of sp³-hybridized carbons (Fsp3) is 0.250. The van der Waals surface area contributed by atoms with E-state index in [-0.39, 0.29) is 0 Å². The number of rotatable bonds is 3. The molecule has 0 N–H and O–H groups in total. The van der Waals surface area contributed by atoms with Gasteiger partial charge in [-0.25, -0.2) is 9.97 Å². The summed E-state index contributed by atoms with van der Waals surface area (Å²) in [4.78, 5) is 8.12. The van der Waals surface area contributed by atoms with E-state index in [9.17, 15) is 0 Å². The van der Waals surface area contributed by atoms with Crippen molar-refractivity contribution in [2.75, 3.05) is 5.75 Å². The van der Waals surface area contributed by atoms with Crippen LogP contribution in [0.25, 0.3) is 0 Å². The van der Waals surface area contributed by atoms with Crippen molar-refractivity contribution in [3.8, 4) is 0 Å². The fourth-order valence-corrected chi connectivity index (χ4v) is 1.19. The third-order valence-electron chi connectivity index (χ3n) is 0.990. The molecule has 0 aliphatic carbocycles. The Hall–Kier alpha value is -0.830. The summed E-state index contributed by atoms with van der Waals surface area (Å²) in [5.41, 5.74) is 1.14. The molecule has 3 heteroatoms. The van der Waals surface area contributed by atoms with Crippen LogP contribution in [0.1, 0.15) is 6.92 Å². The first-order valence-corrected chi connectivity index (χ1v) is 4.32. The second kappa shape index (κ2) is 4.13. The summed E-state index contributed by atoms with van der Waals surface area (Å²) in [5, 5.41) is 0.815. The maximum atomic E-state index is 4.06. The lowest BCUT2D eigenvalue weighted by atomic mass is 10.4. The van der Waals surface area contributed by atoms with Crippen molar-refractivity contribution < 1.29 is 0 Å². The van der Waals surface area contributed by atoms with Crippen LogP contribution in [-0.2, 0) is 0 Å². The van der Waals surface area contributed by atoms with Crippen LogP contribution in [0, 0.1) is 0 Å². The third-order valence-corrected chi connectivity index (χ3v) is 2.10. The van der Waals surface area contributed by atoms with Gasteiger partial charge in [0.25, 0.3) is 0 Å². The van der Waals surface area contributed by atoms with E-state index in [1.54, 1.807) is 24.2 Å². The van der Waals surface area contributed by atoms with Gasteiger partial charge >= 0.3 is 0 Å². The van der Waals surface area contributed by atoms with Crippen molar-refractivity contribution in [1.29, 1.82) is 0 Å². The van der Waals surface area contributed by atoms with Crippen molar-refractivity contribution in [2.24, 2.45) is 0 Å². The van der Waals surface area contributed by atoms with E-state index in [2.05, 4.69) is 16.5 Å². The normalized spacial score (nSPS) is 9.55. The molecule has 11 heavy (non-hydrogen) atoms. The molecule has 0 amide bonds. The largest absolute Gasteiger partial charge is 0.231 e. The first-order chi connectivity index (χ1) is 5.29. The van der Waals surface area contributed by atoms with Gasteiger partial charge in [0.15, 0.2) is 5.16 Å². The van der Waals surface area contributed by atoms with Gasteiger partial charge in [0, 0.05) is 18.1 Å². The summed E-state index contributed by atoms with van der Waals surface area (Å²) in [6, 6.07) is 1.81. The van der Waals surface area contributed by atoms with Crippen LogP contribution in [0.5, 0.6) is 0 Å². The molecule has 0 aromatic carbocycles. The van der Waals surface area contributed by atoms with Crippen LogP contribution in [0.4, 0.5) is 0 Å². The highest BCUT2D eigenvalue weighted by Gasteiger charge is 1.93. The molecule has 1 aromatic heterocycles. The standard InChI is InChI=1S/C8H10N2S/c1-7(2)6-11-8-9-4-3-5-10-8/h3-5H,1,6H2,2H3. The van der Waals surface area contributed by atoms with Crippen molar-refractivity contribution >= 4 is 11.8 Å². The van der Waals surface area contributed by atoms with E-state index in [1.165, 1.54) is 0 Å². The summed E-state index contributed by atoms with van der Waals surface area (Å²) in [6.07, 6.45) is 3.49. The zero-order valence-corrected chi connectivity index (χ0v) is 7.27. The van der Waals surface area contributed by atoms with Gasteiger partial charge in [0.05, 0.1) is 0 Å². The van der Waals surface area contributed by atoms with Gasteiger partial charge in [-0.15, -0.1) is 0 Å². The van der Waals surface area contributed by atoms with E-state index in [0.29, 0.717) is 0 Å². The zero-order chi connectivity index (χ0) is 8.10. The second-order valence-corrected chi connectivity index (χ2v) is 3.22. The molecule has 0 saturated carbocycles. The van der Waals surface area contributed by atoms with Gasteiger partial charge in [-0.2, -0.15) is 0 Å². The van der Waals surface area contributed by atoms with Gasteiger partial charge in [-0.1, -0.05) is 23.9 Å². The minimum absolute atomic E-state index is 0.815. The SMILES string of the molecule is C=C(C)CSc1ncccn1. The molecule has 0 spiro atoms. The number of hydrogen-bond donors (Lipinski definition) is 0. The topological polar surface area (TPSA) is 25.8 Å². The van der Waals surface area contributed by atoms with Gasteiger partial charge in [-0.05, 0) is 13.0 Å². The summed E-state index contributed by atoms with van der Waals surface area (Å²) < 4.78 is 0. The number of nitrogens with zero attached hydrogens (tertiary/aromatic N) is 2. The Labute approximate surface area is 70.8 Å². The highest BCUT2D eigenvalue weighted by Crippen LogP contribution is 2.13.